The quantitative estimate of drug-likeness (QED) is 0.800. The fourth-order valence-electron chi connectivity index (χ4n) is 2.96. The van der Waals surface area contributed by atoms with Gasteiger partial charge in [0.05, 0.1) is 24.1 Å². The van der Waals surface area contributed by atoms with Gasteiger partial charge in [0.2, 0.25) is 0 Å². The second-order valence-corrected chi connectivity index (χ2v) is 6.25. The van der Waals surface area contributed by atoms with Crippen molar-refractivity contribution in [3.8, 4) is 0 Å². The zero-order chi connectivity index (χ0) is 12.1. The molecule has 2 bridgehead atoms. The molecule has 2 aromatic heterocycles. The number of nitrogens with zero attached hydrogens (tertiary/aromatic N) is 2. The van der Waals surface area contributed by atoms with E-state index < -0.39 is 0 Å². The Balaban J connectivity index is 1.71. The summed E-state index contributed by atoms with van der Waals surface area (Å²) in [7, 11) is 0. The van der Waals surface area contributed by atoms with Gasteiger partial charge >= 0.3 is 0 Å². The van der Waals surface area contributed by atoms with Gasteiger partial charge in [-0.3, -0.25) is 0 Å². The van der Waals surface area contributed by atoms with Gasteiger partial charge in [-0.05, 0) is 41.5 Å². The number of halogens is 1. The highest BCUT2D eigenvalue weighted by Crippen LogP contribution is 2.31. The van der Waals surface area contributed by atoms with E-state index in [9.17, 15) is 0 Å². The molecule has 94 valence electrons. The molecule has 2 aromatic rings. The van der Waals surface area contributed by atoms with Crippen molar-refractivity contribution in [1.82, 2.24) is 9.97 Å². The fourth-order valence-corrected chi connectivity index (χ4v) is 3.53. The Hall–Kier alpha value is -0.820. The van der Waals surface area contributed by atoms with Crippen LogP contribution in [0.25, 0.3) is 11.0 Å². The minimum atomic E-state index is 0.421. The average Bonchev–Trinajstić information content (AvgIpc) is 2.93. The van der Waals surface area contributed by atoms with Crippen LogP contribution in [0.1, 0.15) is 12.8 Å². The van der Waals surface area contributed by atoms with Crippen LogP contribution in [-0.2, 0) is 4.74 Å². The normalized spacial score (nSPS) is 27.1. The summed E-state index contributed by atoms with van der Waals surface area (Å²) in [5, 5.41) is 1.21. The topological polar surface area (TPSA) is 41.2 Å². The Morgan fingerprint density at radius 3 is 2.89 bits per heavy atom. The zero-order valence-corrected chi connectivity index (χ0v) is 12.1. The van der Waals surface area contributed by atoms with Crippen LogP contribution in [0, 0.1) is 3.57 Å². The minimum absolute atomic E-state index is 0.421. The highest BCUT2D eigenvalue weighted by atomic mass is 127. The van der Waals surface area contributed by atoms with E-state index in [1.165, 1.54) is 27.5 Å². The van der Waals surface area contributed by atoms with Crippen molar-refractivity contribution in [2.24, 2.45) is 0 Å². The van der Waals surface area contributed by atoms with Gasteiger partial charge in [0.15, 0.2) is 0 Å². The van der Waals surface area contributed by atoms with Gasteiger partial charge in [-0.25, -0.2) is 4.98 Å². The number of hydrogen-bond donors (Lipinski definition) is 1. The number of nitrogens with one attached hydrogen (secondary N) is 1. The number of hydrogen-bond acceptors (Lipinski definition) is 3. The molecule has 0 spiro atoms. The molecule has 1 N–H and O–H groups in total. The Morgan fingerprint density at radius 1 is 1.33 bits per heavy atom. The highest BCUT2D eigenvalue weighted by molar-refractivity contribution is 14.1. The van der Waals surface area contributed by atoms with E-state index in [0.717, 1.165) is 18.7 Å². The summed E-state index contributed by atoms with van der Waals surface area (Å²) < 4.78 is 7.11. The highest BCUT2D eigenvalue weighted by Gasteiger charge is 2.33. The lowest BCUT2D eigenvalue weighted by Crippen LogP contribution is -2.42. The molecule has 4 heterocycles. The van der Waals surface area contributed by atoms with Crippen LogP contribution in [-0.4, -0.2) is 35.3 Å². The molecule has 0 amide bonds. The lowest BCUT2D eigenvalue weighted by atomic mass is 10.2. The number of aromatic amines is 1. The Morgan fingerprint density at radius 2 is 2.11 bits per heavy atom. The molecule has 4 nitrogen and oxygen atoms in total. The maximum absolute atomic E-state index is 5.88. The molecule has 2 unspecified atom stereocenters. The average molecular weight is 355 g/mol. The summed E-state index contributed by atoms with van der Waals surface area (Å²) in [6, 6.07) is 2.24. The molecule has 0 radical (unpaired) electrons. The lowest BCUT2D eigenvalue weighted by molar-refractivity contribution is 0.0305. The van der Waals surface area contributed by atoms with Crippen LogP contribution in [0.2, 0.25) is 0 Å². The molecule has 4 rings (SSSR count). The third-order valence-electron chi connectivity index (χ3n) is 3.87. The summed E-state index contributed by atoms with van der Waals surface area (Å²) in [6.07, 6.45) is 7.23. The Labute approximate surface area is 119 Å². The zero-order valence-electron chi connectivity index (χ0n) is 9.90. The van der Waals surface area contributed by atoms with Crippen molar-refractivity contribution in [3.05, 3.63) is 22.0 Å². The minimum Gasteiger partial charge on any atom is -0.371 e. The smallest absolute Gasteiger partial charge is 0.138 e. The third-order valence-corrected chi connectivity index (χ3v) is 4.77. The van der Waals surface area contributed by atoms with E-state index in [1.54, 1.807) is 0 Å². The first kappa shape index (κ1) is 11.0. The first-order valence-corrected chi connectivity index (χ1v) is 7.40. The van der Waals surface area contributed by atoms with Gasteiger partial charge in [-0.15, -0.1) is 0 Å². The number of aromatic nitrogens is 2. The number of morpholine rings is 1. The number of anilines is 1. The summed E-state index contributed by atoms with van der Waals surface area (Å²) in [5.41, 5.74) is 2.19. The van der Waals surface area contributed by atoms with Crippen LogP contribution in [0.5, 0.6) is 0 Å². The molecule has 2 aliphatic rings. The SMILES string of the molecule is Ic1c[nH]c2ncc(N3CC4CCC(C3)O4)cc12. The van der Waals surface area contributed by atoms with Crippen molar-refractivity contribution >= 4 is 39.3 Å². The van der Waals surface area contributed by atoms with Crippen LogP contribution in [0.3, 0.4) is 0 Å². The maximum Gasteiger partial charge on any atom is 0.138 e. The summed E-state index contributed by atoms with van der Waals surface area (Å²) in [5.74, 6) is 0. The van der Waals surface area contributed by atoms with E-state index in [1.807, 2.05) is 12.4 Å². The van der Waals surface area contributed by atoms with E-state index in [0.29, 0.717) is 12.2 Å². The van der Waals surface area contributed by atoms with E-state index in [-0.39, 0.29) is 0 Å². The fraction of sp³-hybridized carbons (Fsp3) is 0.462. The maximum atomic E-state index is 5.88. The first-order valence-electron chi connectivity index (χ1n) is 6.32. The Kier molecular flexibility index (Phi) is 2.51. The standard InChI is InChI=1S/C13H14IN3O/c14-12-5-16-13-11(12)3-8(4-15-13)17-6-9-1-2-10(7-17)18-9/h3-5,9-10H,1-2,6-7H2,(H,15,16). The van der Waals surface area contributed by atoms with Gasteiger partial charge in [0.1, 0.15) is 5.65 Å². The van der Waals surface area contributed by atoms with Gasteiger partial charge in [0.25, 0.3) is 0 Å². The van der Waals surface area contributed by atoms with Crippen molar-refractivity contribution < 1.29 is 4.74 Å². The van der Waals surface area contributed by atoms with E-state index in [4.69, 9.17) is 4.74 Å². The van der Waals surface area contributed by atoms with Crippen LogP contribution in [0.4, 0.5) is 5.69 Å². The van der Waals surface area contributed by atoms with Crippen molar-refractivity contribution in [2.45, 2.75) is 25.0 Å². The number of rotatable bonds is 1. The number of ether oxygens (including phenoxy) is 1. The monoisotopic (exact) mass is 355 g/mol. The number of fused-ring (bicyclic) bond motifs is 3. The molecule has 0 saturated carbocycles. The second-order valence-electron chi connectivity index (χ2n) is 5.09. The molecular weight excluding hydrogens is 341 g/mol. The molecule has 0 aliphatic carbocycles. The summed E-state index contributed by atoms with van der Waals surface area (Å²) in [4.78, 5) is 10.1. The predicted octanol–water partition coefficient (Wildman–Crippen LogP) is 2.54. The largest absolute Gasteiger partial charge is 0.371 e. The number of H-pyrrole nitrogens is 1. The van der Waals surface area contributed by atoms with Crippen LogP contribution < -0.4 is 4.90 Å². The third kappa shape index (κ3) is 1.72. The second kappa shape index (κ2) is 4.09. The number of pyridine rings is 1. The van der Waals surface area contributed by atoms with E-state index >= 15 is 0 Å². The molecule has 2 atom stereocenters. The first-order chi connectivity index (χ1) is 8.79. The van der Waals surface area contributed by atoms with Gasteiger partial charge in [0, 0.05) is 28.2 Å². The molecule has 5 heteroatoms. The predicted molar refractivity (Wildman–Crippen MR) is 78.9 cm³/mol. The van der Waals surface area contributed by atoms with E-state index in [2.05, 4.69) is 43.5 Å². The molecule has 2 fully saturated rings. The van der Waals surface area contributed by atoms with Gasteiger partial charge in [-0.2, -0.15) is 0 Å². The Bertz CT molecular complexity index is 585. The molecule has 2 saturated heterocycles. The molecule has 0 aromatic carbocycles. The van der Waals surface area contributed by atoms with Crippen molar-refractivity contribution in [2.75, 3.05) is 18.0 Å². The summed E-state index contributed by atoms with van der Waals surface area (Å²) >= 11 is 2.35. The van der Waals surface area contributed by atoms with Crippen molar-refractivity contribution in [1.29, 1.82) is 0 Å². The van der Waals surface area contributed by atoms with Crippen LogP contribution >= 0.6 is 22.6 Å². The molecule has 18 heavy (non-hydrogen) atoms. The van der Waals surface area contributed by atoms with Gasteiger partial charge in [-0.1, -0.05) is 0 Å². The molecule has 2 aliphatic heterocycles. The van der Waals surface area contributed by atoms with Gasteiger partial charge < -0.3 is 14.6 Å². The lowest BCUT2D eigenvalue weighted by Gasteiger charge is -2.33. The molecular formula is C13H14IN3O. The summed E-state index contributed by atoms with van der Waals surface area (Å²) in [6.45, 7) is 2.01. The van der Waals surface area contributed by atoms with Crippen LogP contribution in [0.15, 0.2) is 18.5 Å². The van der Waals surface area contributed by atoms with Crippen molar-refractivity contribution in [3.63, 3.8) is 0 Å².